The summed E-state index contributed by atoms with van der Waals surface area (Å²) in [6.07, 6.45) is 3.88. The number of rotatable bonds is 6. The molecule has 134 valence electrons. The van der Waals surface area contributed by atoms with Crippen molar-refractivity contribution in [3.8, 4) is 11.5 Å². The average molecular weight is 350 g/mol. The van der Waals surface area contributed by atoms with Crippen molar-refractivity contribution >= 4 is 16.7 Å². The maximum Gasteiger partial charge on any atom is 0.227 e. The van der Waals surface area contributed by atoms with Crippen molar-refractivity contribution in [1.82, 2.24) is 9.88 Å². The summed E-state index contributed by atoms with van der Waals surface area (Å²) in [5.74, 6) is 1.39. The van der Waals surface area contributed by atoms with Crippen molar-refractivity contribution in [2.75, 3.05) is 21.3 Å². The van der Waals surface area contributed by atoms with Crippen LogP contribution in [-0.2, 0) is 17.8 Å². The standard InChI is InChI=1S/C21H22N2O3/c1-23(14-17-6-4-5-16-13-22-10-9-19(16)17)21(24)11-15-7-8-18(25-2)12-20(15)26-3/h4-10,12-13H,11,14H2,1-3H3. The first-order valence-corrected chi connectivity index (χ1v) is 8.39. The number of hydrogen-bond acceptors (Lipinski definition) is 4. The maximum absolute atomic E-state index is 12.7. The van der Waals surface area contributed by atoms with E-state index in [4.69, 9.17) is 9.47 Å². The molecule has 0 aliphatic rings. The van der Waals surface area contributed by atoms with Gasteiger partial charge in [0.2, 0.25) is 5.91 Å². The van der Waals surface area contributed by atoms with Crippen LogP contribution < -0.4 is 9.47 Å². The van der Waals surface area contributed by atoms with Gasteiger partial charge in [0.1, 0.15) is 11.5 Å². The molecule has 2 aromatic carbocycles. The van der Waals surface area contributed by atoms with Crippen LogP contribution in [0, 0.1) is 0 Å². The first-order valence-electron chi connectivity index (χ1n) is 8.39. The van der Waals surface area contributed by atoms with E-state index < -0.39 is 0 Å². The van der Waals surface area contributed by atoms with E-state index in [9.17, 15) is 4.79 Å². The highest BCUT2D eigenvalue weighted by atomic mass is 16.5. The van der Waals surface area contributed by atoms with Crippen molar-refractivity contribution in [3.05, 3.63) is 66.0 Å². The van der Waals surface area contributed by atoms with Gasteiger partial charge in [0, 0.05) is 43.0 Å². The van der Waals surface area contributed by atoms with Crippen LogP contribution in [0.25, 0.3) is 10.8 Å². The Labute approximate surface area is 153 Å². The number of amides is 1. The highest BCUT2D eigenvalue weighted by molar-refractivity contribution is 5.85. The Morgan fingerprint density at radius 3 is 2.69 bits per heavy atom. The quantitative estimate of drug-likeness (QED) is 0.683. The zero-order chi connectivity index (χ0) is 18.5. The Balaban J connectivity index is 1.76. The lowest BCUT2D eigenvalue weighted by Gasteiger charge is -2.19. The molecule has 1 heterocycles. The maximum atomic E-state index is 12.7. The summed E-state index contributed by atoms with van der Waals surface area (Å²) in [5.41, 5.74) is 1.94. The SMILES string of the molecule is COc1ccc(CC(=O)N(C)Cc2cccc3cnccc23)c(OC)c1. The highest BCUT2D eigenvalue weighted by Gasteiger charge is 2.15. The van der Waals surface area contributed by atoms with Crippen molar-refractivity contribution in [3.63, 3.8) is 0 Å². The van der Waals surface area contributed by atoms with Gasteiger partial charge in [-0.05, 0) is 23.1 Å². The molecule has 0 aliphatic heterocycles. The van der Waals surface area contributed by atoms with Crippen molar-refractivity contribution in [2.45, 2.75) is 13.0 Å². The third-order valence-electron chi connectivity index (χ3n) is 4.44. The Bertz CT molecular complexity index is 919. The Hall–Kier alpha value is -3.08. The lowest BCUT2D eigenvalue weighted by molar-refractivity contribution is -0.129. The van der Waals surface area contributed by atoms with Crippen LogP contribution >= 0.6 is 0 Å². The molecule has 3 rings (SSSR count). The molecule has 1 aromatic heterocycles. The molecule has 1 amide bonds. The zero-order valence-corrected chi connectivity index (χ0v) is 15.2. The van der Waals surface area contributed by atoms with Crippen LogP contribution in [-0.4, -0.2) is 37.1 Å². The van der Waals surface area contributed by atoms with Gasteiger partial charge >= 0.3 is 0 Å². The molecule has 0 atom stereocenters. The average Bonchev–Trinajstić information content (AvgIpc) is 2.68. The number of likely N-dealkylation sites (N-methyl/N-ethyl adjacent to an activating group) is 1. The molecule has 5 heteroatoms. The number of benzene rings is 2. The van der Waals surface area contributed by atoms with Gasteiger partial charge in [-0.25, -0.2) is 0 Å². The predicted octanol–water partition coefficient (Wildman–Crippen LogP) is 3.45. The highest BCUT2D eigenvalue weighted by Crippen LogP contribution is 2.25. The van der Waals surface area contributed by atoms with Crippen LogP contribution in [0.15, 0.2) is 54.9 Å². The molecule has 0 bridgehead atoms. The number of nitrogens with zero attached hydrogens (tertiary/aromatic N) is 2. The van der Waals surface area contributed by atoms with Gasteiger partial charge < -0.3 is 14.4 Å². The molecule has 0 spiro atoms. The van der Waals surface area contributed by atoms with E-state index >= 15 is 0 Å². The monoisotopic (exact) mass is 350 g/mol. The number of pyridine rings is 1. The predicted molar refractivity (Wildman–Crippen MR) is 101 cm³/mol. The number of ether oxygens (including phenoxy) is 2. The van der Waals surface area contributed by atoms with Crippen LogP contribution in [0.2, 0.25) is 0 Å². The second-order valence-electron chi connectivity index (χ2n) is 6.12. The fraction of sp³-hybridized carbons (Fsp3) is 0.238. The van der Waals surface area contributed by atoms with Gasteiger partial charge in [-0.2, -0.15) is 0 Å². The van der Waals surface area contributed by atoms with Crippen molar-refractivity contribution in [1.29, 1.82) is 0 Å². The van der Waals surface area contributed by atoms with Crippen molar-refractivity contribution < 1.29 is 14.3 Å². The normalized spacial score (nSPS) is 10.6. The summed E-state index contributed by atoms with van der Waals surface area (Å²) in [5, 5.41) is 2.19. The fourth-order valence-corrected chi connectivity index (χ4v) is 2.97. The largest absolute Gasteiger partial charge is 0.497 e. The second kappa shape index (κ2) is 7.87. The lowest BCUT2D eigenvalue weighted by atomic mass is 10.1. The topological polar surface area (TPSA) is 51.7 Å². The van der Waals surface area contributed by atoms with Crippen molar-refractivity contribution in [2.24, 2.45) is 0 Å². The van der Waals surface area contributed by atoms with E-state index in [2.05, 4.69) is 4.98 Å². The smallest absolute Gasteiger partial charge is 0.227 e. The molecule has 0 N–H and O–H groups in total. The van der Waals surface area contributed by atoms with E-state index in [-0.39, 0.29) is 12.3 Å². The second-order valence-corrected chi connectivity index (χ2v) is 6.12. The molecule has 5 nitrogen and oxygen atoms in total. The molecule has 0 aliphatic carbocycles. The Kier molecular flexibility index (Phi) is 5.37. The zero-order valence-electron chi connectivity index (χ0n) is 15.2. The van der Waals surface area contributed by atoms with E-state index in [0.29, 0.717) is 18.0 Å². The van der Waals surface area contributed by atoms with Gasteiger partial charge in [0.15, 0.2) is 0 Å². The van der Waals surface area contributed by atoms with Crippen LogP contribution in [0.4, 0.5) is 0 Å². The third-order valence-corrected chi connectivity index (χ3v) is 4.44. The van der Waals surface area contributed by atoms with Gasteiger partial charge in [0.05, 0.1) is 20.6 Å². The van der Waals surface area contributed by atoms with E-state index in [1.807, 2.05) is 49.6 Å². The Morgan fingerprint density at radius 2 is 1.92 bits per heavy atom. The summed E-state index contributed by atoms with van der Waals surface area (Å²) in [7, 11) is 5.02. The van der Waals surface area contributed by atoms with Crippen LogP contribution in [0.1, 0.15) is 11.1 Å². The van der Waals surface area contributed by atoms with E-state index in [1.54, 1.807) is 31.4 Å². The fourth-order valence-electron chi connectivity index (χ4n) is 2.97. The molecule has 26 heavy (non-hydrogen) atoms. The van der Waals surface area contributed by atoms with E-state index in [1.165, 1.54) is 0 Å². The Morgan fingerprint density at radius 1 is 1.08 bits per heavy atom. The van der Waals surface area contributed by atoms with Crippen LogP contribution in [0.3, 0.4) is 0 Å². The van der Waals surface area contributed by atoms with Crippen LogP contribution in [0.5, 0.6) is 11.5 Å². The molecule has 0 saturated carbocycles. The summed E-state index contributed by atoms with van der Waals surface area (Å²) >= 11 is 0. The molecular formula is C21H22N2O3. The minimum Gasteiger partial charge on any atom is -0.497 e. The van der Waals surface area contributed by atoms with Gasteiger partial charge in [-0.1, -0.05) is 24.3 Å². The molecule has 0 radical (unpaired) electrons. The van der Waals surface area contributed by atoms with Gasteiger partial charge in [-0.3, -0.25) is 9.78 Å². The summed E-state index contributed by atoms with van der Waals surface area (Å²) in [6, 6.07) is 13.5. The number of carbonyl (C=O) groups excluding carboxylic acids is 1. The molecular weight excluding hydrogens is 328 g/mol. The van der Waals surface area contributed by atoms with E-state index in [0.717, 1.165) is 21.9 Å². The number of hydrogen-bond donors (Lipinski definition) is 0. The number of methoxy groups -OCH3 is 2. The number of fused-ring (bicyclic) bond motifs is 1. The summed E-state index contributed by atoms with van der Waals surface area (Å²) in [6.45, 7) is 0.540. The minimum atomic E-state index is 0.0273. The number of aromatic nitrogens is 1. The number of carbonyl (C=O) groups is 1. The lowest BCUT2D eigenvalue weighted by Crippen LogP contribution is -2.28. The molecule has 0 fully saturated rings. The molecule has 3 aromatic rings. The molecule has 0 unspecified atom stereocenters. The van der Waals surface area contributed by atoms with Gasteiger partial charge in [-0.15, -0.1) is 0 Å². The third kappa shape index (κ3) is 3.77. The molecule has 0 saturated heterocycles. The first-order chi connectivity index (χ1) is 12.6. The first kappa shape index (κ1) is 17.7. The minimum absolute atomic E-state index is 0.0273. The summed E-state index contributed by atoms with van der Waals surface area (Å²) < 4.78 is 10.6. The summed E-state index contributed by atoms with van der Waals surface area (Å²) in [4.78, 5) is 18.6. The van der Waals surface area contributed by atoms with Gasteiger partial charge in [0.25, 0.3) is 0 Å².